The molecule has 0 radical (unpaired) electrons. The van der Waals surface area contributed by atoms with Crippen LogP contribution in [-0.4, -0.2) is 59.2 Å². The summed E-state index contributed by atoms with van der Waals surface area (Å²) in [6, 6.07) is 16.8. The zero-order chi connectivity index (χ0) is 26.6. The summed E-state index contributed by atoms with van der Waals surface area (Å²) < 4.78 is 5.35. The van der Waals surface area contributed by atoms with Crippen LogP contribution in [0.25, 0.3) is 0 Å². The third-order valence-electron chi connectivity index (χ3n) is 6.62. The molecule has 1 saturated heterocycles. The molecule has 0 saturated carbocycles. The molecular weight excluding hydrogens is 470 g/mol. The highest BCUT2D eigenvalue weighted by Gasteiger charge is 2.34. The number of carbonyl (C=O) groups is 3. The van der Waals surface area contributed by atoms with Gasteiger partial charge in [-0.05, 0) is 42.7 Å². The number of amides is 3. The van der Waals surface area contributed by atoms with Crippen molar-refractivity contribution in [3.8, 4) is 0 Å². The molecule has 3 N–H and O–H groups in total. The molecule has 0 unspecified atom stereocenters. The van der Waals surface area contributed by atoms with Crippen molar-refractivity contribution in [2.24, 2.45) is 5.92 Å². The lowest BCUT2D eigenvalue weighted by atomic mass is 10.0. The van der Waals surface area contributed by atoms with Crippen molar-refractivity contribution in [2.75, 3.05) is 13.2 Å². The van der Waals surface area contributed by atoms with E-state index in [-0.39, 0.29) is 31.6 Å². The number of carbonyl (C=O) groups excluding carboxylic acids is 3. The molecule has 8 heteroatoms. The predicted molar refractivity (Wildman–Crippen MR) is 142 cm³/mol. The standard InChI is InChI=1S/C29H39N3O5/c1-21(2)15-16-25(28(35)32-17-9-14-24(32)19-33)30-27(34)26(18-22-10-5-3-6-11-22)31-29(36)37-20-23-12-7-4-8-13-23/h3-8,10-13,21,24-26,33H,9,14-20H2,1-2H3,(H,30,34)(H,31,36)/t24-,25-,26-/m0/s1. The second kappa shape index (κ2) is 14.4. The zero-order valence-electron chi connectivity index (χ0n) is 21.8. The molecule has 0 bridgehead atoms. The van der Waals surface area contributed by atoms with Gasteiger partial charge in [-0.3, -0.25) is 9.59 Å². The quantitative estimate of drug-likeness (QED) is 0.406. The molecule has 37 heavy (non-hydrogen) atoms. The Kier molecular flexibility index (Phi) is 11.0. The molecule has 1 fully saturated rings. The third-order valence-corrected chi connectivity index (χ3v) is 6.62. The molecular formula is C29H39N3O5. The number of alkyl carbamates (subject to hydrolysis) is 1. The number of nitrogens with one attached hydrogen (secondary N) is 2. The van der Waals surface area contributed by atoms with E-state index in [0.717, 1.165) is 30.4 Å². The Bertz CT molecular complexity index is 999. The number of ether oxygens (including phenoxy) is 1. The maximum atomic E-state index is 13.5. The average molecular weight is 510 g/mol. The number of aliphatic hydroxyl groups is 1. The first kappa shape index (κ1) is 28.2. The van der Waals surface area contributed by atoms with Gasteiger partial charge in [0.15, 0.2) is 0 Å². The number of rotatable bonds is 12. The first-order chi connectivity index (χ1) is 17.9. The van der Waals surface area contributed by atoms with Crippen molar-refractivity contribution in [1.29, 1.82) is 0 Å². The minimum absolute atomic E-state index is 0.0827. The normalized spacial score (nSPS) is 16.8. The van der Waals surface area contributed by atoms with E-state index in [1.54, 1.807) is 4.90 Å². The molecule has 0 aromatic heterocycles. The number of nitrogens with zero attached hydrogens (tertiary/aromatic N) is 1. The molecule has 1 aliphatic heterocycles. The van der Waals surface area contributed by atoms with Gasteiger partial charge in [-0.2, -0.15) is 0 Å². The van der Waals surface area contributed by atoms with Gasteiger partial charge in [0.1, 0.15) is 18.7 Å². The zero-order valence-corrected chi connectivity index (χ0v) is 21.8. The Balaban J connectivity index is 1.72. The summed E-state index contributed by atoms with van der Waals surface area (Å²) in [6.45, 7) is 4.69. The average Bonchev–Trinajstić information content (AvgIpc) is 3.39. The largest absolute Gasteiger partial charge is 0.445 e. The number of likely N-dealkylation sites (tertiary alicyclic amines) is 1. The van der Waals surface area contributed by atoms with Crippen LogP contribution in [0.2, 0.25) is 0 Å². The van der Waals surface area contributed by atoms with Crippen LogP contribution < -0.4 is 10.6 Å². The summed E-state index contributed by atoms with van der Waals surface area (Å²) in [5.74, 6) is -0.274. The molecule has 2 aromatic rings. The predicted octanol–water partition coefficient (Wildman–Crippen LogP) is 3.43. The summed E-state index contributed by atoms with van der Waals surface area (Å²) in [5.41, 5.74) is 1.71. The van der Waals surface area contributed by atoms with Gasteiger partial charge in [-0.15, -0.1) is 0 Å². The number of hydrogen-bond donors (Lipinski definition) is 3. The number of hydrogen-bond acceptors (Lipinski definition) is 5. The van der Waals surface area contributed by atoms with E-state index in [0.29, 0.717) is 18.9 Å². The van der Waals surface area contributed by atoms with E-state index < -0.39 is 24.1 Å². The third kappa shape index (κ3) is 8.89. The molecule has 3 rings (SSSR count). The summed E-state index contributed by atoms with van der Waals surface area (Å²) in [4.78, 5) is 41.2. The van der Waals surface area contributed by atoms with Crippen molar-refractivity contribution in [1.82, 2.24) is 15.5 Å². The lowest BCUT2D eigenvalue weighted by Crippen LogP contribution is -2.56. The van der Waals surface area contributed by atoms with Gasteiger partial charge in [-0.1, -0.05) is 74.5 Å². The van der Waals surface area contributed by atoms with Crippen LogP contribution in [0, 0.1) is 5.92 Å². The van der Waals surface area contributed by atoms with Crippen molar-refractivity contribution < 1.29 is 24.2 Å². The Morgan fingerprint density at radius 1 is 0.946 bits per heavy atom. The van der Waals surface area contributed by atoms with Crippen molar-refractivity contribution in [2.45, 2.75) is 70.7 Å². The summed E-state index contributed by atoms with van der Waals surface area (Å²) >= 11 is 0. The molecule has 200 valence electrons. The van der Waals surface area contributed by atoms with Crippen LogP contribution in [0.5, 0.6) is 0 Å². The lowest BCUT2D eigenvalue weighted by molar-refractivity contribution is -0.138. The van der Waals surface area contributed by atoms with Gasteiger partial charge in [0.2, 0.25) is 11.8 Å². The Labute approximate surface area is 219 Å². The highest BCUT2D eigenvalue weighted by molar-refractivity contribution is 5.91. The molecule has 3 atom stereocenters. The van der Waals surface area contributed by atoms with Gasteiger partial charge < -0.3 is 25.4 Å². The molecule has 0 aliphatic carbocycles. The van der Waals surface area contributed by atoms with Crippen LogP contribution in [-0.2, 0) is 27.4 Å². The second-order valence-electron chi connectivity index (χ2n) is 9.99. The van der Waals surface area contributed by atoms with E-state index in [1.807, 2.05) is 60.7 Å². The van der Waals surface area contributed by atoms with Gasteiger partial charge in [0.25, 0.3) is 0 Å². The topological polar surface area (TPSA) is 108 Å². The summed E-state index contributed by atoms with van der Waals surface area (Å²) in [7, 11) is 0. The molecule has 8 nitrogen and oxygen atoms in total. The van der Waals surface area contributed by atoms with E-state index in [1.165, 1.54) is 0 Å². The minimum atomic E-state index is -0.924. The van der Waals surface area contributed by atoms with Crippen LogP contribution in [0.15, 0.2) is 60.7 Å². The summed E-state index contributed by atoms with van der Waals surface area (Å²) in [5, 5.41) is 15.3. The molecule has 0 spiro atoms. The highest BCUT2D eigenvalue weighted by Crippen LogP contribution is 2.20. The van der Waals surface area contributed by atoms with E-state index >= 15 is 0 Å². The highest BCUT2D eigenvalue weighted by atomic mass is 16.5. The maximum absolute atomic E-state index is 13.5. The minimum Gasteiger partial charge on any atom is -0.445 e. The SMILES string of the molecule is CC(C)CC[C@H](NC(=O)[C@H](Cc1ccccc1)NC(=O)OCc1ccccc1)C(=O)N1CCC[C@H]1CO. The summed E-state index contributed by atoms with van der Waals surface area (Å²) in [6.07, 6.45) is 2.36. The lowest BCUT2D eigenvalue weighted by Gasteiger charge is -2.30. The first-order valence-electron chi connectivity index (χ1n) is 13.1. The molecule has 2 aromatic carbocycles. The van der Waals surface area contributed by atoms with Crippen molar-refractivity contribution in [3.05, 3.63) is 71.8 Å². The Morgan fingerprint density at radius 2 is 1.59 bits per heavy atom. The van der Waals surface area contributed by atoms with Gasteiger partial charge >= 0.3 is 6.09 Å². The fourth-order valence-corrected chi connectivity index (χ4v) is 4.51. The molecule has 3 amide bonds. The smallest absolute Gasteiger partial charge is 0.408 e. The van der Waals surface area contributed by atoms with E-state index in [9.17, 15) is 19.5 Å². The van der Waals surface area contributed by atoms with Gasteiger partial charge in [0, 0.05) is 13.0 Å². The van der Waals surface area contributed by atoms with E-state index in [2.05, 4.69) is 24.5 Å². The molecule has 1 heterocycles. The van der Waals surface area contributed by atoms with Crippen LogP contribution in [0.1, 0.15) is 50.7 Å². The number of benzene rings is 2. The fraction of sp³-hybridized carbons (Fsp3) is 0.483. The number of aliphatic hydroxyl groups excluding tert-OH is 1. The first-order valence-corrected chi connectivity index (χ1v) is 13.1. The molecule has 1 aliphatic rings. The van der Waals surface area contributed by atoms with Crippen molar-refractivity contribution in [3.63, 3.8) is 0 Å². The van der Waals surface area contributed by atoms with Gasteiger partial charge in [0.05, 0.1) is 12.6 Å². The Hall–Kier alpha value is -3.39. The van der Waals surface area contributed by atoms with Crippen LogP contribution in [0.3, 0.4) is 0 Å². The van der Waals surface area contributed by atoms with Gasteiger partial charge in [-0.25, -0.2) is 4.79 Å². The van der Waals surface area contributed by atoms with Crippen molar-refractivity contribution >= 4 is 17.9 Å². The van der Waals surface area contributed by atoms with E-state index in [4.69, 9.17) is 4.74 Å². The van der Waals surface area contributed by atoms with Crippen LogP contribution in [0.4, 0.5) is 4.79 Å². The maximum Gasteiger partial charge on any atom is 0.408 e. The fourth-order valence-electron chi connectivity index (χ4n) is 4.51. The Morgan fingerprint density at radius 3 is 2.22 bits per heavy atom. The monoisotopic (exact) mass is 509 g/mol. The second-order valence-corrected chi connectivity index (χ2v) is 9.99. The van der Waals surface area contributed by atoms with Crippen LogP contribution >= 0.6 is 0 Å².